The first-order chi connectivity index (χ1) is 16.2. The highest BCUT2D eigenvalue weighted by Gasteiger charge is 2.19. The summed E-state index contributed by atoms with van der Waals surface area (Å²) in [4.78, 5) is 19.2. The molecule has 0 radical (unpaired) electrons. The number of ether oxygens (including phenoxy) is 3. The van der Waals surface area contributed by atoms with Crippen molar-refractivity contribution in [1.29, 1.82) is 0 Å². The molecule has 1 N–H and O–H groups in total. The van der Waals surface area contributed by atoms with Gasteiger partial charge in [-0.25, -0.2) is 4.98 Å². The van der Waals surface area contributed by atoms with Gasteiger partial charge in [0.15, 0.2) is 11.5 Å². The molecule has 8 heteroatoms. The highest BCUT2D eigenvalue weighted by atomic mass is 16.6. The topological polar surface area (TPSA) is 77.9 Å². The first-order valence-corrected chi connectivity index (χ1v) is 11.4. The molecule has 4 heterocycles. The van der Waals surface area contributed by atoms with Crippen LogP contribution < -0.4 is 25.1 Å². The molecule has 0 saturated carbocycles. The summed E-state index contributed by atoms with van der Waals surface area (Å²) < 4.78 is 18.3. The number of fused-ring (bicyclic) bond motifs is 2. The van der Waals surface area contributed by atoms with Crippen molar-refractivity contribution >= 4 is 11.0 Å². The van der Waals surface area contributed by atoms with E-state index in [0.717, 1.165) is 56.0 Å². The van der Waals surface area contributed by atoms with E-state index in [4.69, 9.17) is 14.2 Å². The molecule has 33 heavy (non-hydrogen) atoms. The van der Waals surface area contributed by atoms with Gasteiger partial charge in [0.2, 0.25) is 0 Å². The van der Waals surface area contributed by atoms with Crippen LogP contribution in [-0.2, 0) is 13.1 Å². The van der Waals surface area contributed by atoms with Gasteiger partial charge in [0, 0.05) is 37.8 Å². The van der Waals surface area contributed by atoms with E-state index in [1.807, 2.05) is 12.1 Å². The summed E-state index contributed by atoms with van der Waals surface area (Å²) in [5, 5.41) is 3.68. The third-order valence-corrected chi connectivity index (χ3v) is 6.33. The lowest BCUT2D eigenvalue weighted by Crippen LogP contribution is -2.43. The molecule has 1 fully saturated rings. The Labute approximate surface area is 193 Å². The molecule has 172 valence electrons. The zero-order valence-corrected chi connectivity index (χ0v) is 18.8. The number of pyridine rings is 1. The molecule has 2 aromatic heterocycles. The van der Waals surface area contributed by atoms with Gasteiger partial charge >= 0.3 is 5.56 Å². The Morgan fingerprint density at radius 2 is 1.94 bits per heavy atom. The van der Waals surface area contributed by atoms with Gasteiger partial charge in [-0.15, -0.1) is 0 Å². The molecule has 1 aromatic carbocycles. The van der Waals surface area contributed by atoms with Crippen LogP contribution >= 0.6 is 0 Å². The normalized spacial score (nSPS) is 16.5. The van der Waals surface area contributed by atoms with Crippen LogP contribution in [0.3, 0.4) is 0 Å². The Morgan fingerprint density at radius 1 is 1.12 bits per heavy atom. The standard InChI is InChI=1S/C25H28N4O4/c1-31-20-15-22-21(27-17-20)3-5-25(30)29(22)11-10-28-8-6-19(7-9-28)26-16-18-2-4-23-24(14-18)33-13-12-32-23/h2,4,14-15,17,19,26H,6-13,16H2,1H3. The van der Waals surface area contributed by atoms with E-state index in [1.54, 1.807) is 17.9 Å². The smallest absolute Gasteiger partial charge is 0.303 e. The minimum Gasteiger partial charge on any atom is -0.495 e. The Bertz CT molecular complexity index is 1170. The molecule has 0 bridgehead atoms. The van der Waals surface area contributed by atoms with E-state index >= 15 is 0 Å². The lowest BCUT2D eigenvalue weighted by atomic mass is 10.0. The summed E-state index contributed by atoms with van der Waals surface area (Å²) in [5.74, 6) is 2.29. The molecule has 2 aliphatic heterocycles. The molecule has 2 aliphatic rings. The number of piperidine rings is 1. The van der Waals surface area contributed by atoms with E-state index in [1.165, 1.54) is 5.56 Å². The van der Waals surface area contributed by atoms with Gasteiger partial charge < -0.3 is 24.4 Å². The fourth-order valence-corrected chi connectivity index (χ4v) is 4.42. The number of hydrogen-bond donors (Lipinski definition) is 1. The third kappa shape index (κ3) is 4.90. The second kappa shape index (κ2) is 9.69. The molecule has 0 aliphatic carbocycles. The number of methoxy groups -OCH3 is 1. The number of rotatable bonds is 7. The predicted octanol–water partition coefficient (Wildman–Crippen LogP) is 2.03. The molecule has 8 nitrogen and oxygen atoms in total. The number of benzene rings is 1. The number of nitrogens with one attached hydrogen (secondary N) is 1. The summed E-state index contributed by atoms with van der Waals surface area (Å²) in [5.41, 5.74) is 2.37. The van der Waals surface area contributed by atoms with Gasteiger partial charge in [-0.2, -0.15) is 0 Å². The average Bonchev–Trinajstić information content (AvgIpc) is 2.87. The molecular formula is C25H28N4O4. The second-order valence-corrected chi connectivity index (χ2v) is 8.42. The molecule has 3 aromatic rings. The fourth-order valence-electron chi connectivity index (χ4n) is 4.42. The van der Waals surface area contributed by atoms with E-state index in [-0.39, 0.29) is 5.56 Å². The van der Waals surface area contributed by atoms with E-state index in [9.17, 15) is 4.79 Å². The van der Waals surface area contributed by atoms with Crippen molar-refractivity contribution in [2.45, 2.75) is 32.0 Å². The summed E-state index contributed by atoms with van der Waals surface area (Å²) >= 11 is 0. The highest BCUT2D eigenvalue weighted by molar-refractivity contribution is 5.74. The van der Waals surface area contributed by atoms with Gasteiger partial charge in [0.1, 0.15) is 24.5 Å². The highest BCUT2D eigenvalue weighted by Crippen LogP contribution is 2.30. The van der Waals surface area contributed by atoms with Crippen LogP contribution in [0.1, 0.15) is 18.4 Å². The van der Waals surface area contributed by atoms with Crippen molar-refractivity contribution in [3.63, 3.8) is 0 Å². The SMILES string of the molecule is COc1cnc2c#cc(=O)n(CCN3CCC(NCc4ccc5c(c4)OCCO5)CC3)c2c1. The van der Waals surface area contributed by atoms with Crippen LogP contribution in [0.5, 0.6) is 17.2 Å². The zero-order valence-electron chi connectivity index (χ0n) is 18.8. The van der Waals surface area contributed by atoms with Crippen LogP contribution in [-0.4, -0.2) is 60.5 Å². The minimum atomic E-state index is -0.187. The number of hydrogen-bond acceptors (Lipinski definition) is 7. The van der Waals surface area contributed by atoms with Crippen LogP contribution in [0.25, 0.3) is 11.0 Å². The summed E-state index contributed by atoms with van der Waals surface area (Å²) in [6.07, 6.45) is 3.78. The largest absolute Gasteiger partial charge is 0.495 e. The predicted molar refractivity (Wildman–Crippen MR) is 124 cm³/mol. The third-order valence-electron chi connectivity index (χ3n) is 6.33. The molecule has 0 amide bonds. The van der Waals surface area contributed by atoms with Crippen molar-refractivity contribution in [1.82, 2.24) is 19.8 Å². The van der Waals surface area contributed by atoms with Crippen molar-refractivity contribution in [2.75, 3.05) is 40.0 Å². The minimum absolute atomic E-state index is 0.187. The Kier molecular flexibility index (Phi) is 6.33. The van der Waals surface area contributed by atoms with Crippen LogP contribution in [0.2, 0.25) is 0 Å². The molecular weight excluding hydrogens is 420 g/mol. The number of likely N-dealkylation sites (tertiary alicyclic amines) is 1. The summed E-state index contributed by atoms with van der Waals surface area (Å²) in [6, 6.07) is 14.0. The van der Waals surface area contributed by atoms with Crippen molar-refractivity contribution in [2.24, 2.45) is 0 Å². The summed E-state index contributed by atoms with van der Waals surface area (Å²) in [7, 11) is 1.59. The van der Waals surface area contributed by atoms with Gasteiger partial charge in [-0.3, -0.25) is 9.36 Å². The second-order valence-electron chi connectivity index (χ2n) is 8.42. The fraction of sp³-hybridized carbons (Fsp3) is 0.440. The van der Waals surface area contributed by atoms with Crippen LogP contribution in [0.15, 0.2) is 35.3 Å². The van der Waals surface area contributed by atoms with Crippen LogP contribution in [0.4, 0.5) is 0 Å². The Balaban J connectivity index is 1.13. The zero-order chi connectivity index (χ0) is 22.6. The molecule has 1 saturated heterocycles. The molecule has 0 unspecified atom stereocenters. The van der Waals surface area contributed by atoms with Crippen molar-refractivity contribution < 1.29 is 14.2 Å². The number of aromatic nitrogens is 2. The molecule has 5 rings (SSSR count). The quantitative estimate of drug-likeness (QED) is 0.593. The maximum absolute atomic E-state index is 12.4. The first-order valence-electron chi connectivity index (χ1n) is 11.4. The lowest BCUT2D eigenvalue weighted by Gasteiger charge is -2.32. The van der Waals surface area contributed by atoms with Gasteiger partial charge in [0.05, 0.1) is 18.8 Å². The van der Waals surface area contributed by atoms with E-state index in [0.29, 0.717) is 37.1 Å². The maximum Gasteiger partial charge on any atom is 0.303 e. The maximum atomic E-state index is 12.4. The Morgan fingerprint density at radius 3 is 2.76 bits per heavy atom. The van der Waals surface area contributed by atoms with Gasteiger partial charge in [-0.05, 0) is 49.7 Å². The average molecular weight is 449 g/mol. The first kappa shape index (κ1) is 21.6. The van der Waals surface area contributed by atoms with E-state index < -0.39 is 0 Å². The lowest BCUT2D eigenvalue weighted by molar-refractivity contribution is 0.171. The van der Waals surface area contributed by atoms with Crippen LogP contribution in [0, 0.1) is 12.1 Å². The summed E-state index contributed by atoms with van der Waals surface area (Å²) in [6.45, 7) is 5.41. The molecule has 0 atom stereocenters. The van der Waals surface area contributed by atoms with Crippen molar-refractivity contribution in [3.05, 3.63) is 58.5 Å². The Hall–Kier alpha value is -3.28. The van der Waals surface area contributed by atoms with Crippen molar-refractivity contribution in [3.8, 4) is 17.2 Å². The van der Waals surface area contributed by atoms with E-state index in [2.05, 4.69) is 39.5 Å². The monoisotopic (exact) mass is 448 g/mol. The number of nitrogens with zero attached hydrogens (tertiary/aromatic N) is 3. The van der Waals surface area contributed by atoms with Gasteiger partial charge in [0.25, 0.3) is 0 Å². The van der Waals surface area contributed by atoms with Gasteiger partial charge in [-0.1, -0.05) is 6.07 Å². The molecule has 0 spiro atoms.